The number of carbonyl (C=O) groups excluding carboxylic acids is 2. The van der Waals surface area contributed by atoms with Crippen molar-refractivity contribution in [1.82, 2.24) is 0 Å². The van der Waals surface area contributed by atoms with Crippen molar-refractivity contribution < 1.29 is 19.1 Å². The normalized spacial score (nSPS) is 11.1. The van der Waals surface area contributed by atoms with Crippen LogP contribution in [0, 0.1) is 0 Å². The van der Waals surface area contributed by atoms with Crippen molar-refractivity contribution >= 4 is 11.9 Å². The van der Waals surface area contributed by atoms with Crippen molar-refractivity contribution in [3.8, 4) is 0 Å². The van der Waals surface area contributed by atoms with Gasteiger partial charge in [-0.25, -0.2) is 0 Å². The Balaban J connectivity index is 3.17. The van der Waals surface area contributed by atoms with Gasteiger partial charge in [0.1, 0.15) is 0 Å². The Kier molecular flexibility index (Phi) is 32.2. The Bertz CT molecular complexity index is 461. The lowest BCUT2D eigenvalue weighted by Crippen LogP contribution is -2.05. The summed E-state index contributed by atoms with van der Waals surface area (Å²) in [6.45, 7) is 5.66. The van der Waals surface area contributed by atoms with E-state index in [1.807, 2.05) is 0 Å². The molecule has 4 nitrogen and oxygen atoms in total. The van der Waals surface area contributed by atoms with Crippen LogP contribution in [0.15, 0.2) is 0 Å². The summed E-state index contributed by atoms with van der Waals surface area (Å²) in [6, 6.07) is 0. The van der Waals surface area contributed by atoms with Crippen LogP contribution in [0.4, 0.5) is 0 Å². The minimum Gasteiger partial charge on any atom is -0.466 e. The lowest BCUT2D eigenvalue weighted by molar-refractivity contribution is -0.144. The van der Waals surface area contributed by atoms with Crippen molar-refractivity contribution in [2.45, 2.75) is 200 Å². The lowest BCUT2D eigenvalue weighted by Gasteiger charge is -2.05. The van der Waals surface area contributed by atoms with E-state index in [2.05, 4.69) is 13.8 Å². The molecule has 232 valence electrons. The molecule has 0 aliphatic heterocycles. The van der Waals surface area contributed by atoms with Gasteiger partial charge in [0.25, 0.3) is 0 Å². The number of esters is 2. The second-order valence-electron chi connectivity index (χ2n) is 11.8. The fraction of sp³-hybridized carbons (Fsp3) is 0.943. The molecule has 0 unspecified atom stereocenters. The van der Waals surface area contributed by atoms with Gasteiger partial charge in [-0.1, -0.05) is 162 Å². The molecule has 0 aliphatic carbocycles. The molecule has 0 aliphatic rings. The predicted octanol–water partition coefficient (Wildman–Crippen LogP) is 11.4. The third kappa shape index (κ3) is 33.0. The van der Waals surface area contributed by atoms with E-state index in [0.717, 1.165) is 38.5 Å². The van der Waals surface area contributed by atoms with Gasteiger partial charge in [-0.15, -0.1) is 0 Å². The van der Waals surface area contributed by atoms with E-state index in [4.69, 9.17) is 9.47 Å². The highest BCUT2D eigenvalue weighted by molar-refractivity contribution is 5.69. The lowest BCUT2D eigenvalue weighted by atomic mass is 10.0. The number of unbranched alkanes of at least 4 members (excludes halogenated alkanes) is 24. The van der Waals surface area contributed by atoms with Crippen LogP contribution in [-0.4, -0.2) is 25.2 Å². The second kappa shape index (κ2) is 33.1. The standard InChI is InChI=1S/C35H68O4/c1-3-5-7-24-28-32-38-34(36)30-26-22-20-18-16-14-12-10-9-11-13-15-17-19-21-23-27-31-35(37)39-33-29-25-8-6-4-2/h3-33H2,1-2H3. The summed E-state index contributed by atoms with van der Waals surface area (Å²) >= 11 is 0. The summed E-state index contributed by atoms with van der Waals surface area (Å²) in [5.41, 5.74) is 0. The van der Waals surface area contributed by atoms with Gasteiger partial charge in [0, 0.05) is 12.8 Å². The summed E-state index contributed by atoms with van der Waals surface area (Å²) < 4.78 is 10.7. The van der Waals surface area contributed by atoms with Crippen LogP contribution in [0.1, 0.15) is 200 Å². The van der Waals surface area contributed by atoms with E-state index in [1.54, 1.807) is 0 Å². The molecule has 0 heterocycles. The summed E-state index contributed by atoms with van der Waals surface area (Å²) in [5.74, 6) is 0.00568. The van der Waals surface area contributed by atoms with E-state index in [0.29, 0.717) is 26.1 Å². The van der Waals surface area contributed by atoms with Crippen LogP contribution < -0.4 is 0 Å². The Hall–Kier alpha value is -1.06. The minimum atomic E-state index is 0.00284. The monoisotopic (exact) mass is 553 g/mol. The number of hydrogen-bond acceptors (Lipinski definition) is 4. The van der Waals surface area contributed by atoms with Gasteiger partial charge in [0.15, 0.2) is 0 Å². The zero-order valence-corrected chi connectivity index (χ0v) is 26.6. The number of carbonyl (C=O) groups is 2. The number of hydrogen-bond donors (Lipinski definition) is 0. The maximum Gasteiger partial charge on any atom is 0.305 e. The summed E-state index contributed by atoms with van der Waals surface area (Å²) in [4.78, 5) is 23.5. The maximum atomic E-state index is 11.7. The van der Waals surface area contributed by atoms with Crippen LogP contribution in [0.2, 0.25) is 0 Å². The highest BCUT2D eigenvalue weighted by atomic mass is 16.5. The van der Waals surface area contributed by atoms with Gasteiger partial charge < -0.3 is 9.47 Å². The highest BCUT2D eigenvalue weighted by Gasteiger charge is 2.04. The second-order valence-corrected chi connectivity index (χ2v) is 11.8. The molecule has 0 fully saturated rings. The fourth-order valence-corrected chi connectivity index (χ4v) is 5.12. The topological polar surface area (TPSA) is 52.6 Å². The van der Waals surface area contributed by atoms with Crippen LogP contribution in [-0.2, 0) is 19.1 Å². The van der Waals surface area contributed by atoms with Crippen molar-refractivity contribution in [2.24, 2.45) is 0 Å². The molecule has 4 heteroatoms. The van der Waals surface area contributed by atoms with Crippen molar-refractivity contribution in [1.29, 1.82) is 0 Å². The van der Waals surface area contributed by atoms with Crippen molar-refractivity contribution in [2.75, 3.05) is 13.2 Å². The predicted molar refractivity (Wildman–Crippen MR) is 167 cm³/mol. The van der Waals surface area contributed by atoms with Crippen molar-refractivity contribution in [3.05, 3.63) is 0 Å². The Morgan fingerprint density at radius 3 is 0.846 bits per heavy atom. The molecule has 0 bridgehead atoms. The average molecular weight is 553 g/mol. The first kappa shape index (κ1) is 37.9. The first-order valence-electron chi connectivity index (χ1n) is 17.5. The van der Waals surface area contributed by atoms with E-state index in [9.17, 15) is 9.59 Å². The fourth-order valence-electron chi connectivity index (χ4n) is 5.12. The molecular weight excluding hydrogens is 484 g/mol. The van der Waals surface area contributed by atoms with Gasteiger partial charge in [-0.2, -0.15) is 0 Å². The zero-order chi connectivity index (χ0) is 28.5. The molecule has 0 saturated heterocycles. The van der Waals surface area contributed by atoms with E-state index >= 15 is 0 Å². The molecule has 0 N–H and O–H groups in total. The quantitative estimate of drug-likeness (QED) is 0.0615. The van der Waals surface area contributed by atoms with Gasteiger partial charge in [-0.05, 0) is 25.7 Å². The van der Waals surface area contributed by atoms with Crippen LogP contribution >= 0.6 is 0 Å². The number of ether oxygens (including phenoxy) is 2. The first-order chi connectivity index (χ1) is 19.2. The summed E-state index contributed by atoms with van der Waals surface area (Å²) in [5, 5.41) is 0. The van der Waals surface area contributed by atoms with Crippen LogP contribution in [0.25, 0.3) is 0 Å². The Morgan fingerprint density at radius 2 is 0.564 bits per heavy atom. The first-order valence-corrected chi connectivity index (χ1v) is 17.5. The number of rotatable bonds is 32. The summed E-state index contributed by atoms with van der Waals surface area (Å²) in [7, 11) is 0. The van der Waals surface area contributed by atoms with Gasteiger partial charge >= 0.3 is 11.9 Å². The molecule has 0 atom stereocenters. The van der Waals surface area contributed by atoms with E-state index < -0.39 is 0 Å². The molecule has 0 amide bonds. The minimum absolute atomic E-state index is 0.00284. The van der Waals surface area contributed by atoms with Gasteiger partial charge in [0.2, 0.25) is 0 Å². The Labute approximate surface area is 244 Å². The average Bonchev–Trinajstić information content (AvgIpc) is 2.93. The molecular formula is C35H68O4. The van der Waals surface area contributed by atoms with E-state index in [1.165, 1.54) is 135 Å². The highest BCUT2D eigenvalue weighted by Crippen LogP contribution is 2.15. The SMILES string of the molecule is CCCCCCCOC(=O)CCCCCCCCCCCCCCCCCCCC(=O)OCCCCCCC. The third-order valence-corrected chi connectivity index (χ3v) is 7.78. The molecule has 39 heavy (non-hydrogen) atoms. The molecule has 0 aromatic rings. The molecule has 0 spiro atoms. The molecule has 0 aromatic carbocycles. The zero-order valence-electron chi connectivity index (χ0n) is 26.6. The largest absolute Gasteiger partial charge is 0.466 e. The molecule has 0 radical (unpaired) electrons. The third-order valence-electron chi connectivity index (χ3n) is 7.78. The smallest absolute Gasteiger partial charge is 0.305 e. The van der Waals surface area contributed by atoms with Crippen LogP contribution in [0.3, 0.4) is 0 Å². The molecule has 0 rings (SSSR count). The maximum absolute atomic E-state index is 11.7. The van der Waals surface area contributed by atoms with Crippen LogP contribution in [0.5, 0.6) is 0 Å². The Morgan fingerprint density at radius 1 is 0.333 bits per heavy atom. The molecule has 0 aromatic heterocycles. The van der Waals surface area contributed by atoms with Gasteiger partial charge in [0.05, 0.1) is 13.2 Å². The van der Waals surface area contributed by atoms with Crippen molar-refractivity contribution in [3.63, 3.8) is 0 Å². The van der Waals surface area contributed by atoms with E-state index in [-0.39, 0.29) is 11.9 Å². The summed E-state index contributed by atoms with van der Waals surface area (Å²) in [6.07, 6.45) is 35.0. The molecule has 0 saturated carbocycles. The van der Waals surface area contributed by atoms with Gasteiger partial charge in [-0.3, -0.25) is 9.59 Å².